The van der Waals surface area contributed by atoms with Gasteiger partial charge in [-0.3, -0.25) is 4.99 Å². The minimum Gasteiger partial charge on any atom is -0.496 e. The fourth-order valence-corrected chi connectivity index (χ4v) is 7.59. The van der Waals surface area contributed by atoms with Gasteiger partial charge in [0.15, 0.2) is 5.96 Å². The Hall–Kier alpha value is -4.58. The van der Waals surface area contributed by atoms with Gasteiger partial charge in [-0.05, 0) is 78.6 Å². The Morgan fingerprint density at radius 3 is 2.12 bits per heavy atom. The van der Waals surface area contributed by atoms with E-state index in [0.717, 1.165) is 22.3 Å². The minimum absolute atomic E-state index is 0.0460. The lowest BCUT2D eigenvalue weighted by atomic mass is 9.98. The first-order valence-corrected chi connectivity index (χ1v) is 15.2. The van der Waals surface area contributed by atoms with Gasteiger partial charge in [0.25, 0.3) is 10.0 Å². The molecule has 0 saturated heterocycles. The number of guanidine groups is 1. The number of carbonyl (C=O) groups is 2. The van der Waals surface area contributed by atoms with Gasteiger partial charge >= 0.3 is 12.1 Å². The summed E-state index contributed by atoms with van der Waals surface area (Å²) in [6.07, 6.45) is -1.44. The molecule has 0 spiro atoms. The molecule has 0 fully saturated rings. The normalized spacial score (nSPS) is 13.0. The molecule has 12 heteroatoms. The van der Waals surface area contributed by atoms with E-state index in [0.29, 0.717) is 26.7 Å². The van der Waals surface area contributed by atoms with Gasteiger partial charge in [-0.15, -0.1) is 0 Å². The number of hydrogen-bond acceptors (Lipinski definition) is 7. The molecule has 1 amide bonds. The Labute approximate surface area is 251 Å². The third-order valence-electron chi connectivity index (χ3n) is 7.73. The van der Waals surface area contributed by atoms with Crippen molar-refractivity contribution in [3.05, 3.63) is 82.4 Å². The average Bonchev–Trinajstić information content (AvgIpc) is 3.28. The Kier molecular flexibility index (Phi) is 9.29. The molecule has 1 aliphatic rings. The molecule has 228 valence electrons. The molecule has 1 atom stereocenters. The van der Waals surface area contributed by atoms with E-state index in [1.807, 2.05) is 48.5 Å². The summed E-state index contributed by atoms with van der Waals surface area (Å²) < 4.78 is 40.0. The van der Waals surface area contributed by atoms with Gasteiger partial charge in [0.2, 0.25) is 0 Å². The number of carboxylic acids is 1. The van der Waals surface area contributed by atoms with Crippen LogP contribution >= 0.6 is 0 Å². The van der Waals surface area contributed by atoms with Crippen LogP contribution in [-0.4, -0.2) is 62.2 Å². The third-order valence-corrected chi connectivity index (χ3v) is 9.79. The van der Waals surface area contributed by atoms with Crippen molar-refractivity contribution in [1.82, 2.24) is 4.31 Å². The minimum atomic E-state index is -4.74. The summed E-state index contributed by atoms with van der Waals surface area (Å²) in [6, 6.07) is 15.2. The molecule has 0 aliphatic heterocycles. The monoisotopic (exact) mass is 608 g/mol. The van der Waals surface area contributed by atoms with E-state index in [4.69, 9.17) is 20.9 Å². The van der Waals surface area contributed by atoms with Gasteiger partial charge < -0.3 is 26.0 Å². The molecule has 0 aromatic heterocycles. The summed E-state index contributed by atoms with van der Waals surface area (Å²) in [5, 5.41) is 10.2. The van der Waals surface area contributed by atoms with Gasteiger partial charge in [-0.25, -0.2) is 18.0 Å². The summed E-state index contributed by atoms with van der Waals surface area (Å²) in [6.45, 7) is 4.69. The molecule has 0 unspecified atom stereocenters. The predicted molar refractivity (Wildman–Crippen MR) is 163 cm³/mol. The van der Waals surface area contributed by atoms with E-state index in [-0.39, 0.29) is 42.8 Å². The molecule has 3 aromatic carbocycles. The van der Waals surface area contributed by atoms with Crippen molar-refractivity contribution < 1.29 is 32.6 Å². The quantitative estimate of drug-likeness (QED) is 0.165. The number of benzene rings is 3. The van der Waals surface area contributed by atoms with Crippen LogP contribution in [0.15, 0.2) is 64.5 Å². The number of carbonyl (C=O) groups excluding carboxylic acids is 1. The van der Waals surface area contributed by atoms with Gasteiger partial charge in [-0.2, -0.15) is 4.31 Å². The van der Waals surface area contributed by atoms with E-state index in [9.17, 15) is 23.1 Å². The zero-order valence-electron chi connectivity index (χ0n) is 24.5. The second kappa shape index (κ2) is 12.7. The van der Waals surface area contributed by atoms with E-state index >= 15 is 0 Å². The molecular formula is C31H36N4O7S. The van der Waals surface area contributed by atoms with Crippen LogP contribution in [0.1, 0.15) is 46.6 Å². The van der Waals surface area contributed by atoms with Gasteiger partial charge in [0, 0.05) is 12.5 Å². The van der Waals surface area contributed by atoms with E-state index in [1.165, 1.54) is 7.11 Å². The summed E-state index contributed by atoms with van der Waals surface area (Å²) in [5.41, 5.74) is 15.8. The largest absolute Gasteiger partial charge is 0.496 e. The zero-order valence-corrected chi connectivity index (χ0v) is 25.3. The van der Waals surface area contributed by atoms with Crippen molar-refractivity contribution in [2.24, 2.45) is 16.5 Å². The number of ether oxygens (including phenoxy) is 2. The third kappa shape index (κ3) is 6.14. The van der Waals surface area contributed by atoms with Crippen LogP contribution in [0.25, 0.3) is 11.1 Å². The number of aryl methyl sites for hydroxylation is 1. The number of carboxylic acid groups (broad SMARTS) is 1. The standard InChI is InChI=1S/C31H36N4O7S/c1-18-16-27(41-4)19(2)20(3)28(18)43(39,40)35(26(29(36)37)14-9-15-34-30(32)33)31(38)42-17-25-23-12-7-5-10-21(23)22-11-6-8-13-24(22)25/h5-8,10-13,16,25-26H,9,14-15,17H2,1-4H3,(H,36,37)(H4,32,33,34)/t26-/m1/s1. The smallest absolute Gasteiger partial charge is 0.424 e. The summed E-state index contributed by atoms with van der Waals surface area (Å²) in [4.78, 5) is 30.1. The maximum atomic E-state index is 14.3. The molecule has 0 heterocycles. The SMILES string of the molecule is COc1cc(C)c(S(=O)(=O)N(C(=O)OCC2c3ccccc3-c3ccccc32)[C@H](CCCN=C(N)N)C(=O)O)c(C)c1C. The molecule has 3 aromatic rings. The van der Waals surface area contributed by atoms with Crippen molar-refractivity contribution in [1.29, 1.82) is 0 Å². The van der Waals surface area contributed by atoms with Crippen LogP contribution in [0.4, 0.5) is 4.79 Å². The molecule has 0 bridgehead atoms. The number of rotatable bonds is 11. The number of nitrogens with two attached hydrogens (primary N) is 2. The highest BCUT2D eigenvalue weighted by Gasteiger charge is 2.43. The molecule has 5 N–H and O–H groups in total. The number of amides is 1. The van der Waals surface area contributed by atoms with Gasteiger partial charge in [0.1, 0.15) is 18.4 Å². The second-order valence-electron chi connectivity index (χ2n) is 10.4. The van der Waals surface area contributed by atoms with Crippen molar-refractivity contribution in [2.45, 2.75) is 50.5 Å². The van der Waals surface area contributed by atoms with Crippen molar-refractivity contribution in [3.63, 3.8) is 0 Å². The number of methoxy groups -OCH3 is 1. The zero-order chi connectivity index (χ0) is 31.5. The molecule has 1 aliphatic carbocycles. The molecule has 4 rings (SSSR count). The second-order valence-corrected chi connectivity index (χ2v) is 12.1. The predicted octanol–water partition coefficient (Wildman–Crippen LogP) is 4.07. The fraction of sp³-hybridized carbons (Fsp3) is 0.323. The van der Waals surface area contributed by atoms with Crippen LogP contribution in [0.2, 0.25) is 0 Å². The van der Waals surface area contributed by atoms with Crippen LogP contribution in [0.5, 0.6) is 5.75 Å². The van der Waals surface area contributed by atoms with Gasteiger partial charge in [0.05, 0.1) is 12.0 Å². The van der Waals surface area contributed by atoms with Crippen molar-refractivity contribution in [3.8, 4) is 16.9 Å². The van der Waals surface area contributed by atoms with Crippen molar-refractivity contribution >= 4 is 28.0 Å². The van der Waals surface area contributed by atoms with Crippen LogP contribution in [0.3, 0.4) is 0 Å². The Bertz CT molecular complexity index is 1640. The van der Waals surface area contributed by atoms with Gasteiger partial charge in [-0.1, -0.05) is 48.5 Å². The first-order valence-electron chi connectivity index (χ1n) is 13.7. The molecular weight excluding hydrogens is 572 g/mol. The number of fused-ring (bicyclic) bond motifs is 3. The maximum Gasteiger partial charge on any atom is 0.424 e. The number of aliphatic imine (C=N–C) groups is 1. The summed E-state index contributed by atoms with van der Waals surface area (Å²) in [5.74, 6) is -1.60. The fourth-order valence-electron chi connectivity index (χ4n) is 5.61. The maximum absolute atomic E-state index is 14.3. The topological polar surface area (TPSA) is 175 Å². The average molecular weight is 609 g/mol. The van der Waals surface area contributed by atoms with Crippen LogP contribution < -0.4 is 16.2 Å². The Balaban J connectivity index is 1.74. The van der Waals surface area contributed by atoms with E-state index < -0.39 is 28.1 Å². The summed E-state index contributed by atoms with van der Waals surface area (Å²) in [7, 11) is -3.27. The highest BCUT2D eigenvalue weighted by Crippen LogP contribution is 2.44. The molecule has 11 nitrogen and oxygen atoms in total. The number of sulfonamides is 1. The van der Waals surface area contributed by atoms with Crippen molar-refractivity contribution in [2.75, 3.05) is 20.3 Å². The lowest BCUT2D eigenvalue weighted by Gasteiger charge is -2.30. The molecule has 43 heavy (non-hydrogen) atoms. The first-order chi connectivity index (χ1) is 20.4. The number of hydrogen-bond donors (Lipinski definition) is 3. The lowest BCUT2D eigenvalue weighted by molar-refractivity contribution is -0.141. The van der Waals surface area contributed by atoms with Crippen LogP contribution in [-0.2, 0) is 19.6 Å². The molecule has 0 saturated carbocycles. The summed E-state index contributed by atoms with van der Waals surface area (Å²) >= 11 is 0. The first kappa shape index (κ1) is 31.4. The Morgan fingerprint density at radius 2 is 1.58 bits per heavy atom. The van der Waals surface area contributed by atoms with E-state index in [2.05, 4.69) is 4.99 Å². The number of aliphatic carboxylic acids is 1. The lowest BCUT2D eigenvalue weighted by Crippen LogP contribution is -2.49. The highest BCUT2D eigenvalue weighted by molar-refractivity contribution is 7.89. The number of nitrogens with zero attached hydrogens (tertiary/aromatic N) is 2. The highest BCUT2D eigenvalue weighted by atomic mass is 32.2. The molecule has 0 radical (unpaired) electrons. The van der Waals surface area contributed by atoms with Crippen LogP contribution in [0, 0.1) is 20.8 Å². The Morgan fingerprint density at radius 1 is 1.00 bits per heavy atom. The van der Waals surface area contributed by atoms with E-state index in [1.54, 1.807) is 26.8 Å².